The van der Waals surface area contributed by atoms with Gasteiger partial charge in [0, 0.05) is 24.5 Å². The second-order valence-corrected chi connectivity index (χ2v) is 7.16. The number of urea groups is 1. The zero-order valence-corrected chi connectivity index (χ0v) is 12.8. The summed E-state index contributed by atoms with van der Waals surface area (Å²) >= 11 is 0. The van der Waals surface area contributed by atoms with Gasteiger partial charge in [0.1, 0.15) is 0 Å². The van der Waals surface area contributed by atoms with Gasteiger partial charge in [-0.3, -0.25) is 4.79 Å². The van der Waals surface area contributed by atoms with E-state index in [4.69, 9.17) is 5.11 Å². The lowest BCUT2D eigenvalue weighted by Gasteiger charge is -2.40. The Morgan fingerprint density at radius 2 is 1.81 bits per heavy atom. The number of hydrogen-bond donors (Lipinski definition) is 2. The lowest BCUT2D eigenvalue weighted by molar-refractivity contribution is -0.138. The Labute approximate surface area is 126 Å². The number of carbonyl (C=O) groups is 2. The van der Waals surface area contributed by atoms with E-state index in [2.05, 4.69) is 12.2 Å². The molecule has 0 aromatic rings. The van der Waals surface area contributed by atoms with Crippen molar-refractivity contribution in [3.63, 3.8) is 0 Å². The van der Waals surface area contributed by atoms with Gasteiger partial charge >= 0.3 is 12.0 Å². The van der Waals surface area contributed by atoms with Crippen molar-refractivity contribution >= 4 is 12.0 Å². The normalized spacial score (nSPS) is 33.4. The molecule has 5 nitrogen and oxygen atoms in total. The van der Waals surface area contributed by atoms with Gasteiger partial charge in [0.05, 0.1) is 0 Å². The molecule has 0 aromatic carbocycles. The van der Waals surface area contributed by atoms with Crippen LogP contribution in [-0.4, -0.2) is 40.1 Å². The molecule has 5 heteroatoms. The Bertz CT molecular complexity index is 408. The maximum Gasteiger partial charge on any atom is 0.318 e. The maximum atomic E-state index is 12.5. The molecule has 1 aliphatic carbocycles. The van der Waals surface area contributed by atoms with Crippen molar-refractivity contribution in [2.24, 2.45) is 11.8 Å². The topological polar surface area (TPSA) is 69.6 Å². The summed E-state index contributed by atoms with van der Waals surface area (Å²) in [5.41, 5.74) is 0. The first-order valence-corrected chi connectivity index (χ1v) is 8.35. The van der Waals surface area contributed by atoms with E-state index in [1.54, 1.807) is 0 Å². The van der Waals surface area contributed by atoms with Gasteiger partial charge in [0.25, 0.3) is 0 Å². The number of nitrogens with one attached hydrogen (secondary N) is 1. The molecule has 2 bridgehead atoms. The number of rotatable bonds is 4. The summed E-state index contributed by atoms with van der Waals surface area (Å²) in [6.07, 6.45) is 7.78. The summed E-state index contributed by atoms with van der Waals surface area (Å²) in [6.45, 7) is 2.11. The molecule has 3 atom stereocenters. The minimum atomic E-state index is -0.712. The fraction of sp³-hybridized carbons (Fsp3) is 0.875. The number of carboxylic acid groups (broad SMARTS) is 1. The van der Waals surface area contributed by atoms with E-state index in [1.165, 1.54) is 19.3 Å². The molecule has 0 radical (unpaired) electrons. The van der Waals surface area contributed by atoms with Crippen molar-refractivity contribution in [3.05, 3.63) is 0 Å². The zero-order valence-electron chi connectivity index (χ0n) is 12.8. The van der Waals surface area contributed by atoms with Crippen molar-refractivity contribution in [2.45, 2.75) is 76.4 Å². The minimum absolute atomic E-state index is 0.0793. The van der Waals surface area contributed by atoms with E-state index in [-0.39, 0.29) is 36.5 Å². The van der Waals surface area contributed by atoms with Crippen LogP contribution in [0.25, 0.3) is 0 Å². The van der Waals surface area contributed by atoms with Crippen molar-refractivity contribution in [3.8, 4) is 0 Å². The molecule has 3 rings (SSSR count). The molecule has 2 heterocycles. The molecule has 2 amide bonds. The summed E-state index contributed by atoms with van der Waals surface area (Å²) < 4.78 is 0. The second-order valence-electron chi connectivity index (χ2n) is 7.16. The van der Waals surface area contributed by atoms with Crippen LogP contribution >= 0.6 is 0 Å². The molecule has 3 unspecified atom stereocenters. The molecule has 1 saturated carbocycles. The van der Waals surface area contributed by atoms with Crippen LogP contribution in [0, 0.1) is 11.8 Å². The summed E-state index contributed by atoms with van der Waals surface area (Å²) in [6, 6.07) is 0.849. The highest BCUT2D eigenvalue weighted by atomic mass is 16.4. The largest absolute Gasteiger partial charge is 0.481 e. The number of piperidine rings is 1. The van der Waals surface area contributed by atoms with Gasteiger partial charge in [-0.25, -0.2) is 4.79 Å². The lowest BCUT2D eigenvalue weighted by atomic mass is 9.80. The van der Waals surface area contributed by atoms with E-state index in [0.717, 1.165) is 25.7 Å². The van der Waals surface area contributed by atoms with Crippen LogP contribution in [0.15, 0.2) is 0 Å². The van der Waals surface area contributed by atoms with Gasteiger partial charge < -0.3 is 15.3 Å². The fourth-order valence-corrected chi connectivity index (χ4v) is 4.36. The van der Waals surface area contributed by atoms with Crippen LogP contribution in [0.2, 0.25) is 0 Å². The molecule has 21 heavy (non-hydrogen) atoms. The van der Waals surface area contributed by atoms with Gasteiger partial charge in [-0.1, -0.05) is 6.42 Å². The van der Waals surface area contributed by atoms with Crippen LogP contribution in [0.1, 0.15) is 58.3 Å². The Hall–Kier alpha value is -1.26. The third kappa shape index (κ3) is 3.01. The van der Waals surface area contributed by atoms with Gasteiger partial charge in [-0.2, -0.15) is 0 Å². The Balaban J connectivity index is 1.56. The van der Waals surface area contributed by atoms with Gasteiger partial charge in [-0.15, -0.1) is 0 Å². The van der Waals surface area contributed by atoms with Crippen LogP contribution in [-0.2, 0) is 4.79 Å². The summed E-state index contributed by atoms with van der Waals surface area (Å²) in [5.74, 6) is 0.181. The molecule has 118 valence electrons. The predicted molar refractivity (Wildman–Crippen MR) is 79.0 cm³/mol. The number of hydrogen-bond acceptors (Lipinski definition) is 2. The van der Waals surface area contributed by atoms with E-state index in [0.29, 0.717) is 5.92 Å². The summed E-state index contributed by atoms with van der Waals surface area (Å²) in [5, 5.41) is 12.1. The predicted octanol–water partition coefficient (Wildman–Crippen LogP) is 2.60. The van der Waals surface area contributed by atoms with Crippen LogP contribution < -0.4 is 5.32 Å². The number of carboxylic acids is 1. The molecule has 3 aliphatic rings. The molecule has 2 saturated heterocycles. The maximum absolute atomic E-state index is 12.5. The number of fused-ring (bicyclic) bond motifs is 2. The number of aliphatic carboxylic acids is 1. The van der Waals surface area contributed by atoms with Crippen LogP contribution in [0.3, 0.4) is 0 Å². The number of carbonyl (C=O) groups excluding carboxylic acids is 1. The lowest BCUT2D eigenvalue weighted by Crippen LogP contribution is -2.54. The zero-order chi connectivity index (χ0) is 15.0. The van der Waals surface area contributed by atoms with E-state index in [1.807, 2.05) is 4.90 Å². The molecular formula is C16H26N2O3. The molecule has 0 spiro atoms. The van der Waals surface area contributed by atoms with Gasteiger partial charge in [0.15, 0.2) is 0 Å². The fourth-order valence-electron chi connectivity index (χ4n) is 4.36. The smallest absolute Gasteiger partial charge is 0.318 e. The number of nitrogens with zero attached hydrogens (tertiary/aromatic N) is 1. The minimum Gasteiger partial charge on any atom is -0.481 e. The van der Waals surface area contributed by atoms with Crippen molar-refractivity contribution in [1.29, 1.82) is 0 Å². The van der Waals surface area contributed by atoms with Gasteiger partial charge in [0.2, 0.25) is 0 Å². The van der Waals surface area contributed by atoms with E-state index >= 15 is 0 Å². The summed E-state index contributed by atoms with van der Waals surface area (Å²) in [4.78, 5) is 25.4. The molecule has 0 aromatic heterocycles. The first-order valence-electron chi connectivity index (χ1n) is 8.35. The van der Waals surface area contributed by atoms with Gasteiger partial charge in [-0.05, 0) is 57.3 Å². The quantitative estimate of drug-likeness (QED) is 0.837. The average molecular weight is 294 g/mol. The SMILES string of the molecule is CC(NC(=O)N1C2CCC1CC(CC(=O)O)C2)C1CCC1. The molecule has 2 N–H and O–H groups in total. The third-order valence-corrected chi connectivity index (χ3v) is 5.74. The molecule has 3 fully saturated rings. The number of amides is 2. The Morgan fingerprint density at radius 1 is 1.19 bits per heavy atom. The van der Waals surface area contributed by atoms with Crippen molar-refractivity contribution in [2.75, 3.05) is 0 Å². The molecule has 2 aliphatic heterocycles. The molecular weight excluding hydrogens is 268 g/mol. The Morgan fingerprint density at radius 3 is 2.29 bits per heavy atom. The monoisotopic (exact) mass is 294 g/mol. The average Bonchev–Trinajstić information content (AvgIpc) is 2.58. The standard InChI is InChI=1S/C16H26N2O3/c1-10(12-3-2-4-12)17-16(21)18-13-5-6-14(18)8-11(7-13)9-15(19)20/h10-14H,2-9H2,1H3,(H,17,21)(H,19,20). The first kappa shape index (κ1) is 14.7. The highest BCUT2D eigenvalue weighted by Gasteiger charge is 2.44. The van der Waals surface area contributed by atoms with Crippen LogP contribution in [0.4, 0.5) is 4.79 Å². The highest BCUT2D eigenvalue weighted by Crippen LogP contribution is 2.40. The van der Waals surface area contributed by atoms with Crippen LogP contribution in [0.5, 0.6) is 0 Å². The Kier molecular flexibility index (Phi) is 4.09. The highest BCUT2D eigenvalue weighted by molar-refractivity contribution is 5.76. The van der Waals surface area contributed by atoms with Crippen molar-refractivity contribution in [1.82, 2.24) is 10.2 Å². The third-order valence-electron chi connectivity index (χ3n) is 5.74. The van der Waals surface area contributed by atoms with Crippen molar-refractivity contribution < 1.29 is 14.7 Å². The second kappa shape index (κ2) is 5.85. The summed E-state index contributed by atoms with van der Waals surface area (Å²) in [7, 11) is 0. The van der Waals surface area contributed by atoms with E-state index < -0.39 is 5.97 Å². The first-order chi connectivity index (χ1) is 10.0. The van der Waals surface area contributed by atoms with E-state index in [9.17, 15) is 9.59 Å².